The number of benzene rings is 2. The number of rotatable bonds is 4. The maximum atomic E-state index is 12.8. The number of nitrogens with two attached hydrogens (primary N) is 1. The highest BCUT2D eigenvalue weighted by molar-refractivity contribution is 6.19. The molecular formula is C20H15F3N4O3. The molecule has 154 valence electrons. The number of anilines is 2. The van der Waals surface area contributed by atoms with Crippen molar-refractivity contribution in [1.29, 1.82) is 0 Å². The third-order valence-electron chi connectivity index (χ3n) is 4.61. The summed E-state index contributed by atoms with van der Waals surface area (Å²) in [5.41, 5.74) is 8.12. The Morgan fingerprint density at radius 2 is 1.80 bits per heavy atom. The molecule has 2 heterocycles. The van der Waals surface area contributed by atoms with E-state index in [0.717, 1.165) is 22.6 Å². The molecule has 4 rings (SSSR count). The molecule has 3 amide bonds. The van der Waals surface area contributed by atoms with Gasteiger partial charge < -0.3 is 15.4 Å². The van der Waals surface area contributed by atoms with E-state index in [0.29, 0.717) is 16.6 Å². The van der Waals surface area contributed by atoms with E-state index < -0.39 is 24.1 Å². The number of imide groups is 1. The maximum absolute atomic E-state index is 12.8. The Morgan fingerprint density at radius 3 is 2.50 bits per heavy atom. The molecule has 1 aliphatic rings. The fourth-order valence-electron chi connectivity index (χ4n) is 3.37. The Balaban J connectivity index is 1.57. The Labute approximate surface area is 168 Å². The van der Waals surface area contributed by atoms with Gasteiger partial charge in [-0.3, -0.25) is 9.78 Å². The van der Waals surface area contributed by atoms with Crippen LogP contribution in [0.25, 0.3) is 10.9 Å². The number of alkyl halides is 3. The lowest BCUT2D eigenvalue weighted by Crippen LogP contribution is -2.32. The second-order valence-corrected chi connectivity index (χ2v) is 6.62. The van der Waals surface area contributed by atoms with Crippen molar-refractivity contribution in [3.63, 3.8) is 0 Å². The summed E-state index contributed by atoms with van der Waals surface area (Å²) in [6.45, 7) is -0.0419. The second kappa shape index (κ2) is 7.21. The zero-order chi connectivity index (χ0) is 21.5. The summed E-state index contributed by atoms with van der Waals surface area (Å²) in [5.74, 6) is -0.934. The zero-order valence-electron chi connectivity index (χ0n) is 15.4. The minimum Gasteiger partial charge on any atom is -0.406 e. The van der Waals surface area contributed by atoms with Crippen LogP contribution in [-0.4, -0.2) is 34.7 Å². The highest BCUT2D eigenvalue weighted by Crippen LogP contribution is 2.29. The van der Waals surface area contributed by atoms with Crippen LogP contribution in [0.15, 0.2) is 54.7 Å². The molecule has 0 spiro atoms. The molecule has 0 saturated carbocycles. The first-order valence-electron chi connectivity index (χ1n) is 8.83. The van der Waals surface area contributed by atoms with E-state index in [4.69, 9.17) is 5.73 Å². The van der Waals surface area contributed by atoms with Crippen LogP contribution >= 0.6 is 0 Å². The van der Waals surface area contributed by atoms with Crippen LogP contribution in [0.2, 0.25) is 0 Å². The summed E-state index contributed by atoms with van der Waals surface area (Å²) in [4.78, 5) is 31.8. The van der Waals surface area contributed by atoms with Gasteiger partial charge in [0.1, 0.15) is 12.3 Å². The first-order valence-corrected chi connectivity index (χ1v) is 8.83. The smallest absolute Gasteiger partial charge is 0.406 e. The topological polar surface area (TPSA) is 88.8 Å². The lowest BCUT2D eigenvalue weighted by Gasteiger charge is -2.18. The lowest BCUT2D eigenvalue weighted by atomic mass is 10.1. The van der Waals surface area contributed by atoms with Gasteiger partial charge in [-0.25, -0.2) is 9.69 Å². The van der Waals surface area contributed by atoms with Crippen molar-refractivity contribution in [3.8, 4) is 5.75 Å². The summed E-state index contributed by atoms with van der Waals surface area (Å²) < 4.78 is 40.7. The van der Waals surface area contributed by atoms with E-state index in [2.05, 4.69) is 9.72 Å². The van der Waals surface area contributed by atoms with E-state index >= 15 is 0 Å². The van der Waals surface area contributed by atoms with Crippen LogP contribution in [0.3, 0.4) is 0 Å². The van der Waals surface area contributed by atoms with E-state index in [9.17, 15) is 22.8 Å². The van der Waals surface area contributed by atoms with Gasteiger partial charge >= 0.3 is 12.4 Å². The number of fused-ring (bicyclic) bond motifs is 1. The van der Waals surface area contributed by atoms with Crippen LogP contribution < -0.4 is 15.4 Å². The summed E-state index contributed by atoms with van der Waals surface area (Å²) in [5, 5.41) is 0.701. The van der Waals surface area contributed by atoms with Gasteiger partial charge in [-0.05, 0) is 48.0 Å². The van der Waals surface area contributed by atoms with Gasteiger partial charge in [0.2, 0.25) is 0 Å². The number of aromatic nitrogens is 1. The summed E-state index contributed by atoms with van der Waals surface area (Å²) >= 11 is 0. The first kappa shape index (κ1) is 19.5. The number of nitrogens with zero attached hydrogens (tertiary/aromatic N) is 3. The highest BCUT2D eigenvalue weighted by atomic mass is 19.4. The monoisotopic (exact) mass is 416 g/mol. The van der Waals surface area contributed by atoms with Crippen LogP contribution in [0.5, 0.6) is 5.75 Å². The molecule has 10 heteroatoms. The summed E-state index contributed by atoms with van der Waals surface area (Å²) in [7, 11) is 0. The van der Waals surface area contributed by atoms with Crippen molar-refractivity contribution in [2.24, 2.45) is 0 Å². The molecule has 2 N–H and O–H groups in total. The molecule has 1 aliphatic heterocycles. The van der Waals surface area contributed by atoms with Crippen molar-refractivity contribution in [3.05, 3.63) is 60.3 Å². The Hall–Kier alpha value is -3.82. The number of amides is 3. The molecule has 0 unspecified atom stereocenters. The molecule has 2 aromatic carbocycles. The van der Waals surface area contributed by atoms with E-state index in [1.54, 1.807) is 30.5 Å². The van der Waals surface area contributed by atoms with Gasteiger partial charge in [0, 0.05) is 23.8 Å². The molecular weight excluding hydrogens is 401 g/mol. The fourth-order valence-corrected chi connectivity index (χ4v) is 3.37. The van der Waals surface area contributed by atoms with Gasteiger partial charge in [-0.2, -0.15) is 0 Å². The Bertz CT molecular complexity index is 1130. The van der Waals surface area contributed by atoms with Crippen molar-refractivity contribution in [2.45, 2.75) is 12.9 Å². The van der Waals surface area contributed by atoms with Crippen molar-refractivity contribution < 1.29 is 27.5 Å². The number of hydrogen-bond donors (Lipinski definition) is 1. The molecule has 1 saturated heterocycles. The predicted octanol–water partition coefficient (Wildman–Crippen LogP) is 3.68. The van der Waals surface area contributed by atoms with Crippen molar-refractivity contribution in [2.75, 3.05) is 17.2 Å². The SMILES string of the molecule is Nc1cccc2nccc(CN3CC(=O)N(c4ccc(OC(F)(F)F)cc4)C3=O)c12. The van der Waals surface area contributed by atoms with Crippen LogP contribution in [0.1, 0.15) is 5.56 Å². The van der Waals surface area contributed by atoms with E-state index in [-0.39, 0.29) is 18.8 Å². The van der Waals surface area contributed by atoms with Crippen molar-refractivity contribution >= 4 is 34.2 Å². The number of ether oxygens (including phenoxy) is 1. The Morgan fingerprint density at radius 1 is 1.07 bits per heavy atom. The Kier molecular flexibility index (Phi) is 4.69. The number of urea groups is 1. The van der Waals surface area contributed by atoms with Crippen LogP contribution in [-0.2, 0) is 11.3 Å². The summed E-state index contributed by atoms with van der Waals surface area (Å²) in [6.07, 6.45) is -3.23. The molecule has 1 aromatic heterocycles. The third-order valence-corrected chi connectivity index (χ3v) is 4.61. The van der Waals surface area contributed by atoms with Gasteiger partial charge in [-0.15, -0.1) is 13.2 Å². The number of carbonyl (C=O) groups is 2. The molecule has 0 atom stereocenters. The van der Waals surface area contributed by atoms with Gasteiger partial charge in [-0.1, -0.05) is 6.07 Å². The average Bonchev–Trinajstić information content (AvgIpc) is 2.95. The quantitative estimate of drug-likeness (QED) is 0.518. The normalized spacial score (nSPS) is 14.6. The molecule has 0 bridgehead atoms. The third kappa shape index (κ3) is 3.71. The molecule has 3 aromatic rings. The van der Waals surface area contributed by atoms with Crippen LogP contribution in [0, 0.1) is 0 Å². The number of nitrogen functional groups attached to an aromatic ring is 1. The molecule has 7 nitrogen and oxygen atoms in total. The lowest BCUT2D eigenvalue weighted by molar-refractivity contribution is -0.274. The standard InChI is InChI=1S/C20H15F3N4O3/c21-20(22,23)30-14-6-4-13(5-7-14)27-17(28)11-26(19(27)29)10-12-8-9-25-16-3-1-2-15(24)18(12)16/h1-9H,10-11,24H2. The minimum absolute atomic E-state index is 0.129. The molecule has 0 radical (unpaired) electrons. The summed E-state index contributed by atoms with van der Waals surface area (Å²) in [6, 6.07) is 11.0. The molecule has 1 fully saturated rings. The first-order chi connectivity index (χ1) is 14.2. The predicted molar refractivity (Wildman–Crippen MR) is 103 cm³/mol. The molecule has 0 aliphatic carbocycles. The number of hydrogen-bond acceptors (Lipinski definition) is 5. The highest BCUT2D eigenvalue weighted by Gasteiger charge is 2.37. The number of pyridine rings is 1. The van der Waals surface area contributed by atoms with Gasteiger partial charge in [0.25, 0.3) is 5.91 Å². The van der Waals surface area contributed by atoms with Gasteiger partial charge in [0.15, 0.2) is 0 Å². The fraction of sp³-hybridized carbons (Fsp3) is 0.150. The second-order valence-electron chi connectivity index (χ2n) is 6.62. The molecule has 30 heavy (non-hydrogen) atoms. The largest absolute Gasteiger partial charge is 0.573 e. The van der Waals surface area contributed by atoms with E-state index in [1.165, 1.54) is 17.0 Å². The van der Waals surface area contributed by atoms with Gasteiger partial charge in [0.05, 0.1) is 11.2 Å². The zero-order valence-corrected chi connectivity index (χ0v) is 15.4. The van der Waals surface area contributed by atoms with E-state index in [1.807, 2.05) is 0 Å². The van der Waals surface area contributed by atoms with Crippen LogP contribution in [0.4, 0.5) is 29.3 Å². The number of carbonyl (C=O) groups excluding carboxylic acids is 2. The minimum atomic E-state index is -4.83. The number of halogens is 3. The van der Waals surface area contributed by atoms with Crippen molar-refractivity contribution in [1.82, 2.24) is 9.88 Å². The average molecular weight is 416 g/mol. The maximum Gasteiger partial charge on any atom is 0.573 e.